The molecule has 23 heavy (non-hydrogen) atoms. The fourth-order valence-electron chi connectivity index (χ4n) is 2.97. The van der Waals surface area contributed by atoms with Crippen LogP contribution in [0.25, 0.3) is 0 Å². The van der Waals surface area contributed by atoms with Gasteiger partial charge in [0.25, 0.3) is 0 Å². The number of halogens is 2. The Labute approximate surface area is 149 Å². The van der Waals surface area contributed by atoms with Crippen molar-refractivity contribution >= 4 is 33.6 Å². The van der Waals surface area contributed by atoms with Crippen LogP contribution >= 0.6 is 27.5 Å². The Bertz CT molecular complexity index is 574. The molecule has 1 amide bonds. The number of carbonyl (C=O) groups is 1. The fourth-order valence-corrected chi connectivity index (χ4v) is 3.75. The van der Waals surface area contributed by atoms with Crippen LogP contribution in [0.4, 0.5) is 4.79 Å². The van der Waals surface area contributed by atoms with Crippen LogP contribution in [0.1, 0.15) is 44.2 Å². The third-order valence-corrected chi connectivity index (χ3v) is 5.00. The Hall–Kier alpha value is -0.850. The van der Waals surface area contributed by atoms with E-state index in [9.17, 15) is 4.79 Å². The van der Waals surface area contributed by atoms with Gasteiger partial charge in [-0.1, -0.05) is 24.9 Å². The van der Waals surface area contributed by atoms with Gasteiger partial charge in [0.1, 0.15) is 9.76 Å². The predicted molar refractivity (Wildman–Crippen MR) is 92.6 cm³/mol. The number of ether oxygens (including phenoxy) is 1. The van der Waals surface area contributed by atoms with Crippen LogP contribution in [0.2, 0.25) is 5.15 Å². The van der Waals surface area contributed by atoms with Crippen molar-refractivity contribution in [2.75, 3.05) is 19.7 Å². The van der Waals surface area contributed by atoms with Gasteiger partial charge in [-0.2, -0.15) is 0 Å². The second-order valence-corrected chi connectivity index (χ2v) is 7.57. The maximum absolute atomic E-state index is 12.3. The zero-order chi connectivity index (χ0) is 16.4. The first-order chi connectivity index (χ1) is 11.0. The van der Waals surface area contributed by atoms with Crippen molar-refractivity contribution in [3.8, 4) is 0 Å². The van der Waals surface area contributed by atoms with Gasteiger partial charge in [0.05, 0.1) is 12.6 Å². The fraction of sp³-hybridized carbons (Fsp3) is 0.625. The number of nitrogens with one attached hydrogen (secondary N) is 1. The maximum atomic E-state index is 12.3. The van der Waals surface area contributed by atoms with E-state index < -0.39 is 0 Å². The third kappa shape index (κ3) is 4.17. The summed E-state index contributed by atoms with van der Waals surface area (Å²) in [5.41, 5.74) is 1.07. The summed E-state index contributed by atoms with van der Waals surface area (Å²) < 4.78 is 6.09. The number of rotatable bonds is 4. The van der Waals surface area contributed by atoms with Crippen molar-refractivity contribution in [2.45, 2.75) is 44.2 Å². The van der Waals surface area contributed by atoms with Crippen LogP contribution in [0, 0.1) is 0 Å². The zero-order valence-electron chi connectivity index (χ0n) is 13.1. The first kappa shape index (κ1) is 17.0. The van der Waals surface area contributed by atoms with Gasteiger partial charge in [-0.15, -0.1) is 0 Å². The van der Waals surface area contributed by atoms with E-state index in [4.69, 9.17) is 16.3 Å². The molecule has 1 saturated carbocycles. The maximum Gasteiger partial charge on any atom is 0.409 e. The van der Waals surface area contributed by atoms with E-state index in [0.29, 0.717) is 29.5 Å². The summed E-state index contributed by atoms with van der Waals surface area (Å²) in [7, 11) is 0. The summed E-state index contributed by atoms with van der Waals surface area (Å²) in [5, 5.41) is 4.12. The number of piperazine rings is 1. The molecule has 126 valence electrons. The number of unbranched alkanes of at least 4 members (excludes halogenated alkanes) is 1. The van der Waals surface area contributed by atoms with Gasteiger partial charge in [0.15, 0.2) is 0 Å². The highest BCUT2D eigenvalue weighted by molar-refractivity contribution is 9.10. The van der Waals surface area contributed by atoms with E-state index in [1.165, 1.54) is 0 Å². The molecule has 1 aromatic heterocycles. The number of pyridine rings is 1. The minimum Gasteiger partial charge on any atom is -0.449 e. The van der Waals surface area contributed by atoms with Gasteiger partial charge < -0.3 is 15.0 Å². The van der Waals surface area contributed by atoms with Crippen LogP contribution in [-0.4, -0.2) is 41.2 Å². The molecular weight excluding hydrogens is 382 g/mol. The highest BCUT2D eigenvalue weighted by Gasteiger charge is 2.50. The lowest BCUT2D eigenvalue weighted by Crippen LogP contribution is -2.55. The van der Waals surface area contributed by atoms with Gasteiger partial charge in [0, 0.05) is 18.6 Å². The molecule has 1 unspecified atom stereocenters. The Morgan fingerprint density at radius 3 is 3.00 bits per heavy atom. The summed E-state index contributed by atoms with van der Waals surface area (Å²) in [6.45, 7) is 3.87. The average molecular weight is 403 g/mol. The Morgan fingerprint density at radius 2 is 2.35 bits per heavy atom. The molecule has 2 aliphatic rings. The van der Waals surface area contributed by atoms with Gasteiger partial charge >= 0.3 is 6.09 Å². The molecular formula is C16H21BrClN3O2. The molecule has 1 aliphatic heterocycles. The summed E-state index contributed by atoms with van der Waals surface area (Å²) in [6, 6.07) is 3.85. The molecule has 1 atom stereocenters. The summed E-state index contributed by atoms with van der Waals surface area (Å²) >= 11 is 9.45. The number of aromatic nitrogens is 1. The summed E-state index contributed by atoms with van der Waals surface area (Å²) in [4.78, 5) is 18.3. The molecule has 0 radical (unpaired) electrons. The number of hydrogen-bond acceptors (Lipinski definition) is 4. The van der Waals surface area contributed by atoms with Crippen LogP contribution in [-0.2, 0) is 4.74 Å². The van der Waals surface area contributed by atoms with Crippen LogP contribution in [0.15, 0.2) is 16.7 Å². The number of amides is 1. The standard InChI is InChI=1S/C16H21BrClN3O2/c1-2-3-6-23-15(22)21-9-12(20-16(10-21)4-5-16)11-7-13(17)19-14(18)8-11/h7-8,12,20H,2-6,9-10H2,1H3. The van der Waals surface area contributed by atoms with E-state index in [1.807, 2.05) is 17.0 Å². The quantitative estimate of drug-likeness (QED) is 0.613. The van der Waals surface area contributed by atoms with Crippen molar-refractivity contribution in [1.82, 2.24) is 15.2 Å². The molecule has 1 saturated heterocycles. The van der Waals surface area contributed by atoms with Gasteiger partial charge in [-0.3, -0.25) is 0 Å². The van der Waals surface area contributed by atoms with Gasteiger partial charge in [-0.25, -0.2) is 9.78 Å². The lowest BCUT2D eigenvalue weighted by molar-refractivity contribution is 0.0767. The van der Waals surface area contributed by atoms with Crippen molar-refractivity contribution in [2.24, 2.45) is 0 Å². The van der Waals surface area contributed by atoms with Crippen molar-refractivity contribution in [3.05, 3.63) is 27.5 Å². The zero-order valence-corrected chi connectivity index (χ0v) is 15.5. The average Bonchev–Trinajstić information content (AvgIpc) is 3.24. The van der Waals surface area contributed by atoms with Gasteiger partial charge in [0.2, 0.25) is 0 Å². The van der Waals surface area contributed by atoms with Crippen LogP contribution in [0.5, 0.6) is 0 Å². The van der Waals surface area contributed by atoms with Crippen molar-refractivity contribution in [1.29, 1.82) is 0 Å². The normalized spacial score (nSPS) is 22.2. The minimum atomic E-state index is -0.213. The van der Waals surface area contributed by atoms with E-state index in [2.05, 4.69) is 33.2 Å². The first-order valence-corrected chi connectivity index (χ1v) is 9.21. The lowest BCUT2D eigenvalue weighted by Gasteiger charge is -2.39. The largest absolute Gasteiger partial charge is 0.449 e. The summed E-state index contributed by atoms with van der Waals surface area (Å²) in [6.07, 6.45) is 3.88. The van der Waals surface area contributed by atoms with E-state index in [0.717, 1.165) is 31.2 Å². The highest BCUT2D eigenvalue weighted by Crippen LogP contribution is 2.42. The summed E-state index contributed by atoms with van der Waals surface area (Å²) in [5.74, 6) is 0. The lowest BCUT2D eigenvalue weighted by atomic mass is 10.0. The predicted octanol–water partition coefficient (Wildman–Crippen LogP) is 3.91. The van der Waals surface area contributed by atoms with Crippen molar-refractivity contribution < 1.29 is 9.53 Å². The monoisotopic (exact) mass is 401 g/mol. The number of hydrogen-bond donors (Lipinski definition) is 1. The topological polar surface area (TPSA) is 54.5 Å². The molecule has 5 nitrogen and oxygen atoms in total. The SMILES string of the molecule is CCCCOC(=O)N1CC(c2cc(Cl)nc(Br)c2)NC2(CC2)C1. The Balaban J connectivity index is 1.73. The molecule has 1 aliphatic carbocycles. The first-order valence-electron chi connectivity index (χ1n) is 8.04. The molecule has 7 heteroatoms. The second kappa shape index (κ2) is 6.95. The highest BCUT2D eigenvalue weighted by atomic mass is 79.9. The third-order valence-electron chi connectivity index (χ3n) is 4.40. The van der Waals surface area contributed by atoms with Crippen LogP contribution in [0.3, 0.4) is 0 Å². The van der Waals surface area contributed by atoms with Gasteiger partial charge in [-0.05, 0) is 52.9 Å². The minimum absolute atomic E-state index is 0.0366. The van der Waals surface area contributed by atoms with Crippen molar-refractivity contribution in [3.63, 3.8) is 0 Å². The molecule has 3 rings (SSSR count). The molecule has 1 N–H and O–H groups in total. The number of carbonyl (C=O) groups excluding carboxylic acids is 1. The number of nitrogens with zero attached hydrogens (tertiary/aromatic N) is 2. The molecule has 0 bridgehead atoms. The molecule has 2 heterocycles. The molecule has 1 aromatic rings. The molecule has 1 spiro atoms. The van der Waals surface area contributed by atoms with Crippen LogP contribution < -0.4 is 5.32 Å². The second-order valence-electron chi connectivity index (χ2n) is 6.37. The Morgan fingerprint density at radius 1 is 1.57 bits per heavy atom. The molecule has 2 fully saturated rings. The Kier molecular flexibility index (Phi) is 5.13. The van der Waals surface area contributed by atoms with E-state index >= 15 is 0 Å². The smallest absolute Gasteiger partial charge is 0.409 e. The van der Waals surface area contributed by atoms with E-state index in [-0.39, 0.29) is 17.7 Å². The molecule has 0 aromatic carbocycles. The van der Waals surface area contributed by atoms with E-state index in [1.54, 1.807) is 0 Å².